The Morgan fingerprint density at radius 3 is 2.48 bits per heavy atom. The van der Waals surface area contributed by atoms with E-state index in [-0.39, 0.29) is 41.4 Å². The highest BCUT2D eigenvalue weighted by atomic mass is 35.5. The van der Waals surface area contributed by atoms with Gasteiger partial charge in [-0.1, -0.05) is 54.4 Å². The summed E-state index contributed by atoms with van der Waals surface area (Å²) in [6.07, 6.45) is 0.577. The third kappa shape index (κ3) is 6.29. The van der Waals surface area contributed by atoms with Crippen LogP contribution in [0.5, 0.6) is 0 Å². The zero-order valence-corrected chi connectivity index (χ0v) is 18.1. The van der Waals surface area contributed by atoms with Crippen molar-refractivity contribution in [2.24, 2.45) is 0 Å². The van der Waals surface area contributed by atoms with E-state index < -0.39 is 11.9 Å². The van der Waals surface area contributed by atoms with Crippen LogP contribution in [-0.2, 0) is 22.6 Å². The van der Waals surface area contributed by atoms with Gasteiger partial charge in [-0.3, -0.25) is 9.59 Å². The number of carbonyl (C=O) groups is 2. The van der Waals surface area contributed by atoms with E-state index in [0.717, 1.165) is 17.5 Å². The standard InChI is InChI=1S/C23H28ClFN2O2/c1-5-16(3)26-23(29)17(4)27(14-18-9-6-8-15(2)12-18)22(28)13-19-20(24)10-7-11-21(19)25/h6-12,16-17H,5,13-14H2,1-4H3,(H,26,29)/t16-,17+/m0/s1. The maximum atomic E-state index is 14.2. The topological polar surface area (TPSA) is 49.4 Å². The molecule has 2 rings (SSSR count). The molecule has 0 unspecified atom stereocenters. The van der Waals surface area contributed by atoms with Crippen LogP contribution in [0.25, 0.3) is 0 Å². The van der Waals surface area contributed by atoms with Gasteiger partial charge in [0.2, 0.25) is 11.8 Å². The molecule has 0 aliphatic carbocycles. The molecular weight excluding hydrogens is 391 g/mol. The molecule has 0 heterocycles. The van der Waals surface area contributed by atoms with Crippen molar-refractivity contribution in [1.82, 2.24) is 10.2 Å². The number of benzene rings is 2. The summed E-state index contributed by atoms with van der Waals surface area (Å²) in [4.78, 5) is 27.3. The maximum Gasteiger partial charge on any atom is 0.242 e. The van der Waals surface area contributed by atoms with Gasteiger partial charge in [-0.05, 0) is 44.9 Å². The van der Waals surface area contributed by atoms with Crippen LogP contribution in [-0.4, -0.2) is 28.8 Å². The fourth-order valence-corrected chi connectivity index (χ4v) is 3.24. The summed E-state index contributed by atoms with van der Waals surface area (Å²) in [5.74, 6) is -1.12. The maximum absolute atomic E-state index is 14.2. The highest BCUT2D eigenvalue weighted by molar-refractivity contribution is 6.31. The second-order valence-electron chi connectivity index (χ2n) is 7.38. The third-order valence-electron chi connectivity index (χ3n) is 4.99. The lowest BCUT2D eigenvalue weighted by atomic mass is 10.1. The number of hydrogen-bond acceptors (Lipinski definition) is 2. The van der Waals surface area contributed by atoms with Gasteiger partial charge in [0, 0.05) is 23.2 Å². The summed E-state index contributed by atoms with van der Waals surface area (Å²) in [7, 11) is 0. The molecule has 0 radical (unpaired) electrons. The average molecular weight is 419 g/mol. The minimum absolute atomic E-state index is 0.00174. The highest BCUT2D eigenvalue weighted by Gasteiger charge is 2.28. The summed E-state index contributed by atoms with van der Waals surface area (Å²) in [6, 6.07) is 11.4. The molecule has 6 heteroatoms. The molecule has 2 aromatic carbocycles. The molecule has 0 spiro atoms. The van der Waals surface area contributed by atoms with E-state index in [1.54, 1.807) is 13.0 Å². The Morgan fingerprint density at radius 1 is 1.17 bits per heavy atom. The number of rotatable bonds is 8. The molecule has 0 saturated carbocycles. The smallest absolute Gasteiger partial charge is 0.242 e. The molecule has 2 atom stereocenters. The molecule has 0 fully saturated rings. The van der Waals surface area contributed by atoms with Crippen molar-refractivity contribution < 1.29 is 14.0 Å². The Balaban J connectivity index is 2.29. The van der Waals surface area contributed by atoms with Gasteiger partial charge in [0.15, 0.2) is 0 Å². The molecule has 0 bridgehead atoms. The van der Waals surface area contributed by atoms with Crippen LogP contribution < -0.4 is 5.32 Å². The molecule has 1 N–H and O–H groups in total. The van der Waals surface area contributed by atoms with Crippen molar-refractivity contribution in [3.63, 3.8) is 0 Å². The van der Waals surface area contributed by atoms with Crippen molar-refractivity contribution in [3.8, 4) is 0 Å². The van der Waals surface area contributed by atoms with Crippen LogP contribution in [0.1, 0.15) is 43.9 Å². The van der Waals surface area contributed by atoms with Gasteiger partial charge in [0.1, 0.15) is 11.9 Å². The van der Waals surface area contributed by atoms with Crippen LogP contribution in [0.2, 0.25) is 5.02 Å². The minimum Gasteiger partial charge on any atom is -0.352 e. The molecule has 0 aromatic heterocycles. The number of nitrogens with zero attached hydrogens (tertiary/aromatic N) is 1. The fourth-order valence-electron chi connectivity index (χ4n) is 3.01. The van der Waals surface area contributed by atoms with Gasteiger partial charge in [0.25, 0.3) is 0 Å². The van der Waals surface area contributed by atoms with Gasteiger partial charge in [-0.25, -0.2) is 4.39 Å². The molecule has 2 amide bonds. The van der Waals surface area contributed by atoms with E-state index in [0.29, 0.717) is 0 Å². The molecule has 0 aliphatic rings. The van der Waals surface area contributed by atoms with Crippen LogP contribution in [0.15, 0.2) is 42.5 Å². The van der Waals surface area contributed by atoms with Crippen LogP contribution in [0.3, 0.4) is 0 Å². The van der Waals surface area contributed by atoms with E-state index in [1.807, 2.05) is 45.0 Å². The minimum atomic E-state index is -0.706. The normalized spacial score (nSPS) is 12.9. The van der Waals surface area contributed by atoms with Crippen molar-refractivity contribution in [1.29, 1.82) is 0 Å². The number of carbonyl (C=O) groups excluding carboxylic acids is 2. The Labute approximate surface area is 177 Å². The predicted octanol–water partition coefficient (Wildman–Crippen LogP) is 4.66. The van der Waals surface area contributed by atoms with Gasteiger partial charge in [-0.15, -0.1) is 0 Å². The first kappa shape index (κ1) is 22.9. The Kier molecular flexibility index (Phi) is 8.21. The average Bonchev–Trinajstić information content (AvgIpc) is 2.68. The molecule has 2 aromatic rings. The Morgan fingerprint density at radius 2 is 1.86 bits per heavy atom. The molecular formula is C23H28ClFN2O2. The first-order chi connectivity index (χ1) is 13.7. The number of aryl methyl sites for hydroxylation is 1. The van der Waals surface area contributed by atoms with Crippen LogP contribution in [0.4, 0.5) is 4.39 Å². The van der Waals surface area contributed by atoms with Gasteiger partial charge in [-0.2, -0.15) is 0 Å². The second kappa shape index (κ2) is 10.4. The Hall–Kier alpha value is -2.40. The number of nitrogens with one attached hydrogen (secondary N) is 1. The van der Waals surface area contributed by atoms with E-state index in [4.69, 9.17) is 11.6 Å². The van der Waals surface area contributed by atoms with Crippen LogP contribution >= 0.6 is 11.6 Å². The fraction of sp³-hybridized carbons (Fsp3) is 0.391. The SMILES string of the molecule is CC[C@H](C)NC(=O)[C@@H](C)N(Cc1cccc(C)c1)C(=O)Cc1c(F)cccc1Cl. The summed E-state index contributed by atoms with van der Waals surface area (Å²) in [5.41, 5.74) is 2.10. The molecule has 29 heavy (non-hydrogen) atoms. The first-order valence-electron chi connectivity index (χ1n) is 9.81. The van der Waals surface area contributed by atoms with Crippen molar-refractivity contribution in [3.05, 3.63) is 70.0 Å². The van der Waals surface area contributed by atoms with E-state index >= 15 is 0 Å². The number of hydrogen-bond donors (Lipinski definition) is 1. The summed E-state index contributed by atoms with van der Waals surface area (Å²) in [6.45, 7) is 7.80. The lowest BCUT2D eigenvalue weighted by Gasteiger charge is -2.30. The molecule has 0 aliphatic heterocycles. The largest absolute Gasteiger partial charge is 0.352 e. The van der Waals surface area contributed by atoms with Gasteiger partial charge >= 0.3 is 0 Å². The molecule has 4 nitrogen and oxygen atoms in total. The zero-order chi connectivity index (χ0) is 21.6. The van der Waals surface area contributed by atoms with E-state index in [2.05, 4.69) is 5.32 Å². The molecule has 156 valence electrons. The van der Waals surface area contributed by atoms with Gasteiger partial charge in [0.05, 0.1) is 6.42 Å². The lowest BCUT2D eigenvalue weighted by Crippen LogP contribution is -2.50. The highest BCUT2D eigenvalue weighted by Crippen LogP contribution is 2.21. The molecule has 0 saturated heterocycles. The summed E-state index contributed by atoms with van der Waals surface area (Å²) in [5, 5.41) is 3.12. The summed E-state index contributed by atoms with van der Waals surface area (Å²) < 4.78 is 14.2. The predicted molar refractivity (Wildman–Crippen MR) is 114 cm³/mol. The van der Waals surface area contributed by atoms with Crippen molar-refractivity contribution >= 4 is 23.4 Å². The quantitative estimate of drug-likeness (QED) is 0.677. The van der Waals surface area contributed by atoms with E-state index in [9.17, 15) is 14.0 Å². The summed E-state index contributed by atoms with van der Waals surface area (Å²) >= 11 is 6.10. The lowest BCUT2D eigenvalue weighted by molar-refractivity contribution is -0.140. The van der Waals surface area contributed by atoms with Crippen molar-refractivity contribution in [2.45, 2.75) is 59.2 Å². The number of halogens is 2. The number of amides is 2. The second-order valence-corrected chi connectivity index (χ2v) is 7.79. The monoisotopic (exact) mass is 418 g/mol. The zero-order valence-electron chi connectivity index (χ0n) is 17.3. The third-order valence-corrected chi connectivity index (χ3v) is 5.35. The van der Waals surface area contributed by atoms with E-state index in [1.165, 1.54) is 17.0 Å². The first-order valence-corrected chi connectivity index (χ1v) is 10.2. The van der Waals surface area contributed by atoms with Crippen molar-refractivity contribution in [2.75, 3.05) is 0 Å². The van der Waals surface area contributed by atoms with Gasteiger partial charge < -0.3 is 10.2 Å². The Bertz CT molecular complexity index is 851. The van der Waals surface area contributed by atoms with Crippen LogP contribution in [0, 0.1) is 12.7 Å².